The number of Topliss-reactive ketones (excluding diaryl/α,β-unsaturated/α-hetero) is 2. The Morgan fingerprint density at radius 3 is 2.29 bits per heavy atom. The van der Waals surface area contributed by atoms with Crippen LogP contribution >= 0.6 is 0 Å². The fraction of sp³-hybridized carbons (Fsp3) is 0.182. The molecule has 0 fully saturated rings. The lowest BCUT2D eigenvalue weighted by Crippen LogP contribution is -2.20. The molecule has 0 aromatic heterocycles. The number of carbonyl (C=O) groups excluding carboxylic acids is 2. The molecule has 90 valence electrons. The first-order valence-corrected chi connectivity index (χ1v) is 4.72. The van der Waals surface area contributed by atoms with E-state index in [1.807, 2.05) is 0 Å². The first-order valence-electron chi connectivity index (χ1n) is 4.72. The van der Waals surface area contributed by atoms with Crippen LogP contribution in [0, 0.1) is 11.6 Å². The third kappa shape index (κ3) is 3.44. The van der Waals surface area contributed by atoms with Gasteiger partial charge in [0.1, 0.15) is 11.6 Å². The monoisotopic (exact) mass is 240 g/mol. The molecule has 17 heavy (non-hydrogen) atoms. The second-order valence-corrected chi connectivity index (χ2v) is 3.31. The number of hydrogen-bond donors (Lipinski definition) is 1. The molecule has 0 saturated carbocycles. The van der Waals surface area contributed by atoms with E-state index in [1.165, 1.54) is 0 Å². The average Bonchev–Trinajstić information content (AvgIpc) is 2.22. The number of hydrogen-bond acceptors (Lipinski definition) is 4. The van der Waals surface area contributed by atoms with E-state index in [4.69, 9.17) is 0 Å². The summed E-state index contributed by atoms with van der Waals surface area (Å²) in [7, 11) is 0. The van der Waals surface area contributed by atoms with Crippen LogP contribution in [0.1, 0.15) is 13.8 Å². The molecule has 1 N–H and O–H groups in total. The predicted molar refractivity (Wildman–Crippen MR) is 58.8 cm³/mol. The van der Waals surface area contributed by atoms with Gasteiger partial charge in [0.25, 0.3) is 0 Å². The number of rotatable bonds is 4. The highest BCUT2D eigenvalue weighted by Gasteiger charge is 2.12. The van der Waals surface area contributed by atoms with Gasteiger partial charge in [-0.2, -0.15) is 5.10 Å². The van der Waals surface area contributed by atoms with E-state index in [9.17, 15) is 18.4 Å². The van der Waals surface area contributed by atoms with Crippen LogP contribution in [0.25, 0.3) is 0 Å². The van der Waals surface area contributed by atoms with Crippen LogP contribution in [-0.2, 0) is 9.59 Å². The molecule has 6 heteroatoms. The Bertz CT molecular complexity index is 482. The van der Waals surface area contributed by atoms with Gasteiger partial charge in [0.15, 0.2) is 17.3 Å². The summed E-state index contributed by atoms with van der Waals surface area (Å²) in [4.78, 5) is 22.0. The minimum Gasteiger partial charge on any atom is -0.293 e. The van der Waals surface area contributed by atoms with Crippen LogP contribution in [0.4, 0.5) is 14.5 Å². The second kappa shape index (κ2) is 5.29. The fourth-order valence-electron chi connectivity index (χ4n) is 1.10. The van der Waals surface area contributed by atoms with E-state index in [2.05, 4.69) is 10.5 Å². The molecular formula is C11H10F2N2O2. The van der Waals surface area contributed by atoms with Crippen molar-refractivity contribution in [2.24, 2.45) is 5.10 Å². The van der Waals surface area contributed by atoms with Gasteiger partial charge in [0.2, 0.25) is 0 Å². The first kappa shape index (κ1) is 13.0. The molecule has 4 nitrogen and oxygen atoms in total. The van der Waals surface area contributed by atoms with E-state index in [0.717, 1.165) is 32.0 Å². The van der Waals surface area contributed by atoms with Crippen molar-refractivity contribution in [3.63, 3.8) is 0 Å². The Kier molecular flexibility index (Phi) is 4.03. The number of ketones is 2. The fourth-order valence-corrected chi connectivity index (χ4v) is 1.10. The molecule has 0 aliphatic carbocycles. The van der Waals surface area contributed by atoms with Crippen molar-refractivity contribution in [2.45, 2.75) is 13.8 Å². The number of nitrogens with one attached hydrogen (secondary N) is 1. The average molecular weight is 240 g/mol. The summed E-state index contributed by atoms with van der Waals surface area (Å²) >= 11 is 0. The summed E-state index contributed by atoms with van der Waals surface area (Å²) in [6.07, 6.45) is 0. The van der Waals surface area contributed by atoms with Crippen molar-refractivity contribution in [1.29, 1.82) is 0 Å². The van der Waals surface area contributed by atoms with Crippen LogP contribution in [-0.4, -0.2) is 17.3 Å². The number of hydrazone groups is 1. The summed E-state index contributed by atoms with van der Waals surface area (Å²) in [5.74, 6) is -2.50. The SMILES string of the molecule is CC(=O)C(=NNc1cc(F)ccc1F)C(C)=O. The van der Waals surface area contributed by atoms with Gasteiger partial charge < -0.3 is 0 Å². The van der Waals surface area contributed by atoms with Crippen LogP contribution < -0.4 is 5.43 Å². The Morgan fingerprint density at radius 1 is 1.18 bits per heavy atom. The largest absolute Gasteiger partial charge is 0.293 e. The Labute approximate surface area is 96.3 Å². The van der Waals surface area contributed by atoms with E-state index >= 15 is 0 Å². The smallest absolute Gasteiger partial charge is 0.183 e. The van der Waals surface area contributed by atoms with Gasteiger partial charge in [0, 0.05) is 19.9 Å². The zero-order valence-electron chi connectivity index (χ0n) is 9.25. The molecule has 0 aliphatic rings. The third-order valence-corrected chi connectivity index (χ3v) is 1.88. The maximum Gasteiger partial charge on any atom is 0.183 e. The molecule has 0 amide bonds. The highest BCUT2D eigenvalue weighted by atomic mass is 19.1. The molecule has 0 unspecified atom stereocenters. The summed E-state index contributed by atoms with van der Waals surface area (Å²) in [6, 6.07) is 2.73. The summed E-state index contributed by atoms with van der Waals surface area (Å²) in [5.41, 5.74) is 1.55. The van der Waals surface area contributed by atoms with Crippen molar-refractivity contribution in [2.75, 3.05) is 5.43 Å². The number of anilines is 1. The van der Waals surface area contributed by atoms with Gasteiger partial charge in [-0.05, 0) is 12.1 Å². The maximum absolute atomic E-state index is 13.2. The van der Waals surface area contributed by atoms with Gasteiger partial charge >= 0.3 is 0 Å². The molecule has 0 bridgehead atoms. The number of benzene rings is 1. The summed E-state index contributed by atoms with van der Waals surface area (Å²) in [5, 5.41) is 3.46. The van der Waals surface area contributed by atoms with Crippen LogP contribution in [0.3, 0.4) is 0 Å². The van der Waals surface area contributed by atoms with E-state index in [1.54, 1.807) is 0 Å². The van der Waals surface area contributed by atoms with Gasteiger partial charge in [-0.1, -0.05) is 0 Å². The van der Waals surface area contributed by atoms with Crippen molar-refractivity contribution in [1.82, 2.24) is 0 Å². The zero-order chi connectivity index (χ0) is 13.0. The van der Waals surface area contributed by atoms with Crippen molar-refractivity contribution >= 4 is 23.0 Å². The molecule has 0 saturated heterocycles. The number of carbonyl (C=O) groups is 2. The zero-order valence-corrected chi connectivity index (χ0v) is 9.25. The number of halogens is 2. The minimum absolute atomic E-state index is 0.245. The number of nitrogens with zero attached hydrogens (tertiary/aromatic N) is 1. The lowest BCUT2D eigenvalue weighted by atomic mass is 10.2. The van der Waals surface area contributed by atoms with Gasteiger partial charge in [-0.15, -0.1) is 0 Å². The van der Waals surface area contributed by atoms with Crippen molar-refractivity contribution in [3.8, 4) is 0 Å². The van der Waals surface area contributed by atoms with Crippen LogP contribution in [0.5, 0.6) is 0 Å². The predicted octanol–water partition coefficient (Wildman–Crippen LogP) is 1.91. The second-order valence-electron chi connectivity index (χ2n) is 3.31. The molecule has 1 aromatic rings. The molecule has 0 aliphatic heterocycles. The van der Waals surface area contributed by atoms with E-state index in [0.29, 0.717) is 0 Å². The van der Waals surface area contributed by atoms with Crippen molar-refractivity contribution < 1.29 is 18.4 Å². The molecule has 0 atom stereocenters. The van der Waals surface area contributed by atoms with Gasteiger partial charge in [0.05, 0.1) is 5.69 Å². The molecular weight excluding hydrogens is 230 g/mol. The Morgan fingerprint density at radius 2 is 1.76 bits per heavy atom. The van der Waals surface area contributed by atoms with E-state index < -0.39 is 23.2 Å². The minimum atomic E-state index is -0.735. The standard InChI is InChI=1S/C11H10F2N2O2/c1-6(16)11(7(2)17)15-14-10-5-8(12)3-4-9(10)13/h3-5,14H,1-2H3. The highest BCUT2D eigenvalue weighted by molar-refractivity contribution is 6.65. The maximum atomic E-state index is 13.2. The van der Waals surface area contributed by atoms with Gasteiger partial charge in [-0.3, -0.25) is 15.0 Å². The molecule has 0 spiro atoms. The molecule has 0 radical (unpaired) electrons. The van der Waals surface area contributed by atoms with Crippen LogP contribution in [0.2, 0.25) is 0 Å². The highest BCUT2D eigenvalue weighted by Crippen LogP contribution is 2.15. The topological polar surface area (TPSA) is 58.5 Å². The molecule has 0 heterocycles. The molecule has 1 rings (SSSR count). The lowest BCUT2D eigenvalue weighted by Gasteiger charge is -2.03. The van der Waals surface area contributed by atoms with E-state index in [-0.39, 0.29) is 11.4 Å². The lowest BCUT2D eigenvalue weighted by molar-refractivity contribution is -0.114. The Hall–Kier alpha value is -2.11. The first-order chi connectivity index (χ1) is 7.91. The van der Waals surface area contributed by atoms with Crippen molar-refractivity contribution in [3.05, 3.63) is 29.8 Å². The summed E-state index contributed by atoms with van der Waals surface area (Å²) < 4.78 is 26.0. The quantitative estimate of drug-likeness (QED) is 0.497. The van der Waals surface area contributed by atoms with Gasteiger partial charge in [-0.25, -0.2) is 8.78 Å². The molecule has 1 aromatic carbocycles. The van der Waals surface area contributed by atoms with Crippen LogP contribution in [0.15, 0.2) is 23.3 Å². The summed E-state index contributed by atoms with van der Waals surface area (Å²) in [6.45, 7) is 2.31. The normalized spacial score (nSPS) is 9.65. The third-order valence-electron chi connectivity index (χ3n) is 1.88. The Balaban J connectivity index is 2.98.